The largest absolute Gasteiger partial charge is 0.446 e. The number of aliphatic hydroxyl groups excluding tert-OH is 1. The molecule has 0 aromatic heterocycles. The second-order valence-electron chi connectivity index (χ2n) is 27.1. The first-order valence-electron chi connectivity index (χ1n) is 34.4. The highest BCUT2D eigenvalue weighted by Gasteiger charge is 2.50. The van der Waals surface area contributed by atoms with E-state index >= 15 is 0 Å². The first-order chi connectivity index (χ1) is 46.9. The summed E-state index contributed by atoms with van der Waals surface area (Å²) in [5.74, 6) is -1.89. The van der Waals surface area contributed by atoms with Crippen LogP contribution in [0.3, 0.4) is 0 Å². The van der Waals surface area contributed by atoms with E-state index in [1.807, 2.05) is 78.7 Å². The Labute approximate surface area is 568 Å². The van der Waals surface area contributed by atoms with Gasteiger partial charge in [-0.15, -0.1) is 0 Å². The van der Waals surface area contributed by atoms with E-state index in [9.17, 15) is 59.8 Å². The summed E-state index contributed by atoms with van der Waals surface area (Å²) in [6, 6.07) is 31.9. The molecule has 530 valence electrons. The maximum Gasteiger partial charge on any atom is 0.416 e. The van der Waals surface area contributed by atoms with Gasteiger partial charge in [-0.25, -0.2) is 9.18 Å². The number of rotatable bonds is 27. The molecule has 0 radical (unpaired) electrons. The quantitative estimate of drug-likeness (QED) is 0.0335. The minimum absolute atomic E-state index is 0.0300. The van der Waals surface area contributed by atoms with Crippen LogP contribution in [-0.4, -0.2) is 195 Å². The number of aliphatic hydroxyl groups is 1. The number of carbonyl (C=O) groups excluding carboxylic acids is 5. The molecule has 98 heavy (non-hydrogen) atoms. The van der Waals surface area contributed by atoms with Gasteiger partial charge in [0.25, 0.3) is 5.91 Å². The Kier molecular flexibility index (Phi) is 24.8. The predicted molar refractivity (Wildman–Crippen MR) is 356 cm³/mol. The van der Waals surface area contributed by atoms with E-state index in [4.69, 9.17) is 14.2 Å². The van der Waals surface area contributed by atoms with Gasteiger partial charge in [-0.05, 0) is 168 Å². The first-order valence-corrected chi connectivity index (χ1v) is 34.4. The smallest absolute Gasteiger partial charge is 0.416 e. The SMILES string of the molecule is CN(CCN1CCC(OC(=O)Nc2ccccc2-c2ccccc2)CC1)C(=O)CCCCCN1CCC(C(=O)NCC(O)CCCN(C)C(=O)CO[C@H]2Cc3ccccc3C23CCN(CC[C@@]2(c4ccc(F)cc4)CN(C(=O)c4cc(C(F)(F)F)cc(C(F)(F)F)c4)CO2)CC3)CC1. The zero-order valence-electron chi connectivity index (χ0n) is 55.9. The van der Waals surface area contributed by atoms with Crippen molar-refractivity contribution in [2.45, 2.75) is 132 Å². The molecule has 1 aliphatic carbocycles. The Balaban J connectivity index is 0.579. The fraction of sp³-hybridized carbons (Fsp3) is 0.527. The number of nitrogens with zero attached hydrogens (tertiary/aromatic N) is 6. The summed E-state index contributed by atoms with van der Waals surface area (Å²) in [4.78, 5) is 77.8. The van der Waals surface area contributed by atoms with Gasteiger partial charge in [0.2, 0.25) is 17.7 Å². The summed E-state index contributed by atoms with van der Waals surface area (Å²) in [6.07, 6.45) is -2.81. The Hall–Kier alpha value is -7.48. The monoisotopic (exact) mass is 1370 g/mol. The van der Waals surface area contributed by atoms with Crippen LogP contribution >= 0.6 is 0 Å². The van der Waals surface area contributed by atoms with Crippen molar-refractivity contribution in [1.29, 1.82) is 0 Å². The van der Waals surface area contributed by atoms with Crippen LogP contribution < -0.4 is 10.6 Å². The van der Waals surface area contributed by atoms with Gasteiger partial charge in [0, 0.05) is 88.8 Å². The number of likely N-dealkylation sites (tertiary alicyclic amines) is 3. The number of likely N-dealkylation sites (N-methyl/N-ethyl adjacent to an activating group) is 2. The molecule has 1 spiro atoms. The fourth-order valence-electron chi connectivity index (χ4n) is 14.5. The van der Waals surface area contributed by atoms with E-state index in [2.05, 4.69) is 37.5 Å². The van der Waals surface area contributed by atoms with Crippen molar-refractivity contribution >= 4 is 35.4 Å². The average Bonchev–Trinajstić information content (AvgIpc) is 1.59. The second kappa shape index (κ2) is 33.1. The lowest BCUT2D eigenvalue weighted by atomic mass is 9.72. The number of piperidine rings is 3. The van der Waals surface area contributed by atoms with Crippen molar-refractivity contribution in [3.8, 4) is 11.1 Å². The lowest BCUT2D eigenvalue weighted by molar-refractivity contribution is -0.143. The molecule has 5 aliphatic rings. The molecule has 4 heterocycles. The highest BCUT2D eigenvalue weighted by Crippen LogP contribution is 2.49. The number of ether oxygens (including phenoxy) is 3. The molecule has 4 saturated heterocycles. The van der Waals surface area contributed by atoms with Crippen molar-refractivity contribution in [3.63, 3.8) is 0 Å². The summed E-state index contributed by atoms with van der Waals surface area (Å²) in [6.45, 7) is 6.80. The molecule has 0 saturated carbocycles. The summed E-state index contributed by atoms with van der Waals surface area (Å²) >= 11 is 0. The number of hydrogen-bond donors (Lipinski definition) is 3. The molecular formula is C74H91F7N8O9. The molecular weight excluding hydrogens is 1280 g/mol. The molecule has 3 atom stereocenters. The number of carbonyl (C=O) groups is 5. The van der Waals surface area contributed by atoms with Crippen LogP contribution in [0.25, 0.3) is 11.1 Å². The van der Waals surface area contributed by atoms with Crippen LogP contribution in [0, 0.1) is 11.7 Å². The van der Waals surface area contributed by atoms with Crippen molar-refractivity contribution in [1.82, 2.24) is 34.7 Å². The van der Waals surface area contributed by atoms with E-state index in [1.54, 1.807) is 11.9 Å². The van der Waals surface area contributed by atoms with Gasteiger partial charge in [-0.1, -0.05) is 91.3 Å². The third kappa shape index (κ3) is 19.1. The van der Waals surface area contributed by atoms with Crippen LogP contribution in [0.5, 0.6) is 0 Å². The normalized spacial score (nSPS) is 19.9. The first kappa shape index (κ1) is 73.2. The Bertz CT molecular complexity index is 3460. The number of para-hydroxylation sites is 1. The third-order valence-electron chi connectivity index (χ3n) is 20.5. The number of amides is 5. The lowest BCUT2D eigenvalue weighted by Gasteiger charge is -2.44. The molecule has 10 rings (SSSR count). The van der Waals surface area contributed by atoms with Crippen LogP contribution in [-0.2, 0) is 58.4 Å². The summed E-state index contributed by atoms with van der Waals surface area (Å²) < 4.78 is 115. The number of unbranched alkanes of at least 4 members (excludes halogenated alkanes) is 2. The minimum atomic E-state index is -5.15. The highest BCUT2D eigenvalue weighted by molar-refractivity contribution is 5.95. The molecule has 17 nitrogen and oxygen atoms in total. The Morgan fingerprint density at radius 2 is 1.33 bits per heavy atom. The van der Waals surface area contributed by atoms with Crippen molar-refractivity contribution in [2.24, 2.45) is 5.92 Å². The minimum Gasteiger partial charge on any atom is -0.446 e. The van der Waals surface area contributed by atoms with Crippen LogP contribution in [0.2, 0.25) is 0 Å². The van der Waals surface area contributed by atoms with Crippen molar-refractivity contribution < 1.29 is 74.0 Å². The molecule has 5 aromatic rings. The molecule has 24 heteroatoms. The molecule has 4 aliphatic heterocycles. The number of alkyl halides is 6. The summed E-state index contributed by atoms with van der Waals surface area (Å²) in [5, 5.41) is 16.7. The highest BCUT2D eigenvalue weighted by atomic mass is 19.4. The predicted octanol–water partition coefficient (Wildman–Crippen LogP) is 11.4. The molecule has 5 amide bonds. The van der Waals surface area contributed by atoms with Gasteiger partial charge in [0.05, 0.1) is 35.6 Å². The second-order valence-corrected chi connectivity index (χ2v) is 27.1. The van der Waals surface area contributed by atoms with E-state index in [0.717, 1.165) is 111 Å². The van der Waals surface area contributed by atoms with Crippen molar-refractivity contribution in [3.05, 3.63) is 161 Å². The summed E-state index contributed by atoms with van der Waals surface area (Å²) in [7, 11) is 3.56. The number of fused-ring (bicyclic) bond motifs is 2. The average molecular weight is 1370 g/mol. The topological polar surface area (TPSA) is 177 Å². The Morgan fingerprint density at radius 3 is 2.03 bits per heavy atom. The van der Waals surface area contributed by atoms with Gasteiger partial charge in [-0.3, -0.25) is 24.5 Å². The van der Waals surface area contributed by atoms with Crippen LogP contribution in [0.1, 0.15) is 122 Å². The van der Waals surface area contributed by atoms with Crippen molar-refractivity contribution in [2.75, 3.05) is 118 Å². The molecule has 5 aromatic carbocycles. The zero-order valence-corrected chi connectivity index (χ0v) is 55.9. The number of anilines is 1. The van der Waals surface area contributed by atoms with E-state index < -0.39 is 70.7 Å². The van der Waals surface area contributed by atoms with Gasteiger partial charge in [0.15, 0.2) is 0 Å². The van der Waals surface area contributed by atoms with Gasteiger partial charge >= 0.3 is 18.4 Å². The van der Waals surface area contributed by atoms with Crippen LogP contribution in [0.15, 0.2) is 121 Å². The molecule has 0 bridgehead atoms. The number of halogens is 7. The lowest BCUT2D eigenvalue weighted by Crippen LogP contribution is -2.50. The number of nitrogens with one attached hydrogen (secondary N) is 2. The van der Waals surface area contributed by atoms with Crippen LogP contribution in [0.4, 0.5) is 41.2 Å². The molecule has 1 unspecified atom stereocenters. The zero-order chi connectivity index (χ0) is 69.6. The summed E-state index contributed by atoms with van der Waals surface area (Å²) in [5.41, 5.74) is -0.261. The standard InChI is InChI=1S/C74H91F7N8O9/c1-84(33-13-17-60(90)48-82-68(93)53-26-35-86(36-27-53)34-12-4-7-21-66(91)85(2)42-43-87-37-28-61(29-38-87)98-70(95)83-64-20-11-9-18-62(64)52-14-5-3-6-15-52)67(92)49-96-65-46-54-16-8-10-19-63(54)71(65)30-39-88(40-31-71)41-32-72(56-22-24-59(75)25-23-56)50-89(51-97-72)69(94)55-44-57(73(76,77)78)47-58(45-55)74(79,80)81/h3,5-6,8-11,14-16,18-20,22-25,44-45,47,53,60-61,65,90H,4,7,12-13,17,21,26-43,46,48-51H2,1-2H3,(H,82,93)(H,83,95)/t60?,65-,72-/m0/s1. The third-order valence-corrected chi connectivity index (χ3v) is 20.5. The van der Waals surface area contributed by atoms with E-state index in [-0.39, 0.29) is 68.0 Å². The fourth-order valence-corrected chi connectivity index (χ4v) is 14.5. The van der Waals surface area contributed by atoms with E-state index in [0.29, 0.717) is 94.6 Å². The number of benzene rings is 5. The molecule has 4 fully saturated rings. The maximum atomic E-state index is 14.2. The molecule has 3 N–H and O–H groups in total. The Morgan fingerprint density at radius 1 is 0.694 bits per heavy atom. The maximum absolute atomic E-state index is 14.2. The number of hydrogen-bond acceptors (Lipinski definition) is 12. The van der Waals surface area contributed by atoms with Gasteiger partial charge in [0.1, 0.15) is 30.9 Å². The van der Waals surface area contributed by atoms with Gasteiger partial charge in [-0.2, -0.15) is 26.3 Å². The van der Waals surface area contributed by atoms with Gasteiger partial charge < -0.3 is 54.0 Å². The van der Waals surface area contributed by atoms with E-state index in [1.165, 1.54) is 24.3 Å².